The van der Waals surface area contributed by atoms with Gasteiger partial charge in [0.2, 0.25) is 0 Å². The molecule has 1 unspecified atom stereocenters. The lowest BCUT2D eigenvalue weighted by atomic mass is 10.1. The summed E-state index contributed by atoms with van der Waals surface area (Å²) in [5, 5.41) is 5.24. The Balaban J connectivity index is 2.25. The SMILES string of the molecule is CCOC(=O)C(Nc1ccc(Br)cc1)c1sccc1C. The third-order valence-electron chi connectivity index (χ3n) is 2.84. The predicted molar refractivity (Wildman–Crippen MR) is 86.2 cm³/mol. The summed E-state index contributed by atoms with van der Waals surface area (Å²) in [6, 6.07) is 9.28. The third-order valence-corrected chi connectivity index (χ3v) is 4.45. The number of aryl methyl sites for hydroxylation is 1. The molecule has 20 heavy (non-hydrogen) atoms. The van der Waals surface area contributed by atoms with E-state index in [4.69, 9.17) is 4.74 Å². The summed E-state index contributed by atoms with van der Waals surface area (Å²) in [6.07, 6.45) is 0. The average Bonchev–Trinajstić information content (AvgIpc) is 2.84. The molecule has 0 spiro atoms. The Labute approximate surface area is 131 Å². The summed E-state index contributed by atoms with van der Waals surface area (Å²) in [6.45, 7) is 4.19. The van der Waals surface area contributed by atoms with Gasteiger partial charge in [-0.25, -0.2) is 4.79 Å². The number of carbonyl (C=O) groups excluding carboxylic acids is 1. The number of rotatable bonds is 5. The second-order valence-electron chi connectivity index (χ2n) is 4.30. The maximum absolute atomic E-state index is 12.2. The van der Waals surface area contributed by atoms with Crippen molar-refractivity contribution in [2.45, 2.75) is 19.9 Å². The number of halogens is 1. The van der Waals surface area contributed by atoms with E-state index >= 15 is 0 Å². The number of hydrogen-bond donors (Lipinski definition) is 1. The minimum absolute atomic E-state index is 0.249. The van der Waals surface area contributed by atoms with Crippen LogP contribution in [0.25, 0.3) is 0 Å². The van der Waals surface area contributed by atoms with Crippen LogP contribution < -0.4 is 5.32 Å². The van der Waals surface area contributed by atoms with Gasteiger partial charge < -0.3 is 10.1 Å². The van der Waals surface area contributed by atoms with E-state index < -0.39 is 6.04 Å². The number of benzene rings is 1. The molecule has 2 rings (SSSR count). The van der Waals surface area contributed by atoms with Crippen LogP contribution in [0.1, 0.15) is 23.4 Å². The first-order valence-corrected chi connectivity index (χ1v) is 8.01. The van der Waals surface area contributed by atoms with E-state index in [1.807, 2.05) is 49.6 Å². The first kappa shape index (κ1) is 15.1. The molecule has 2 aromatic rings. The molecule has 0 fully saturated rings. The number of anilines is 1. The second-order valence-corrected chi connectivity index (χ2v) is 6.17. The highest BCUT2D eigenvalue weighted by Crippen LogP contribution is 2.28. The van der Waals surface area contributed by atoms with Crippen LogP contribution >= 0.6 is 27.3 Å². The van der Waals surface area contributed by atoms with Crippen molar-refractivity contribution in [3.8, 4) is 0 Å². The summed E-state index contributed by atoms with van der Waals surface area (Å²) in [5.41, 5.74) is 1.98. The molecule has 1 aromatic heterocycles. The van der Waals surface area contributed by atoms with Crippen molar-refractivity contribution in [3.05, 3.63) is 50.6 Å². The molecule has 0 saturated carbocycles. The highest BCUT2D eigenvalue weighted by atomic mass is 79.9. The Morgan fingerprint density at radius 3 is 2.60 bits per heavy atom. The molecule has 0 aliphatic carbocycles. The van der Waals surface area contributed by atoms with Gasteiger partial charge in [-0.2, -0.15) is 0 Å². The summed E-state index contributed by atoms with van der Waals surface area (Å²) in [4.78, 5) is 13.2. The molecule has 3 nitrogen and oxygen atoms in total. The van der Waals surface area contributed by atoms with Crippen molar-refractivity contribution < 1.29 is 9.53 Å². The second kappa shape index (κ2) is 6.90. The summed E-state index contributed by atoms with van der Waals surface area (Å²) in [7, 11) is 0. The van der Waals surface area contributed by atoms with Crippen LogP contribution in [-0.2, 0) is 9.53 Å². The normalized spacial score (nSPS) is 11.9. The molecule has 0 radical (unpaired) electrons. The van der Waals surface area contributed by atoms with E-state index in [1.54, 1.807) is 11.3 Å². The van der Waals surface area contributed by atoms with Crippen LogP contribution in [0.4, 0.5) is 5.69 Å². The largest absolute Gasteiger partial charge is 0.464 e. The predicted octanol–water partition coefficient (Wildman–Crippen LogP) is 4.54. The first-order valence-electron chi connectivity index (χ1n) is 6.34. The number of thiophene rings is 1. The zero-order valence-electron chi connectivity index (χ0n) is 11.4. The van der Waals surface area contributed by atoms with E-state index in [1.165, 1.54) is 0 Å². The zero-order valence-corrected chi connectivity index (χ0v) is 13.8. The Hall–Kier alpha value is -1.33. The first-order chi connectivity index (χ1) is 9.61. The smallest absolute Gasteiger partial charge is 0.334 e. The van der Waals surface area contributed by atoms with Crippen molar-refractivity contribution >= 4 is 38.9 Å². The van der Waals surface area contributed by atoms with E-state index in [2.05, 4.69) is 21.2 Å². The third kappa shape index (κ3) is 3.61. The summed E-state index contributed by atoms with van der Waals surface area (Å²) >= 11 is 4.96. The number of carbonyl (C=O) groups is 1. The molecule has 1 atom stereocenters. The maximum atomic E-state index is 12.2. The van der Waals surface area contributed by atoms with Gasteiger partial charge in [0, 0.05) is 15.0 Å². The minimum atomic E-state index is -0.462. The molecule has 1 N–H and O–H groups in total. The van der Waals surface area contributed by atoms with Crippen LogP contribution in [-0.4, -0.2) is 12.6 Å². The number of esters is 1. The molecule has 0 aliphatic rings. The van der Waals surface area contributed by atoms with Crippen LogP contribution in [0.5, 0.6) is 0 Å². The van der Waals surface area contributed by atoms with E-state index in [0.717, 1.165) is 20.6 Å². The maximum Gasteiger partial charge on any atom is 0.334 e. The van der Waals surface area contributed by atoms with E-state index in [9.17, 15) is 4.79 Å². The van der Waals surface area contributed by atoms with Gasteiger partial charge in [-0.1, -0.05) is 15.9 Å². The van der Waals surface area contributed by atoms with E-state index in [-0.39, 0.29) is 5.97 Å². The molecule has 0 amide bonds. The van der Waals surface area contributed by atoms with Crippen molar-refractivity contribution in [1.29, 1.82) is 0 Å². The van der Waals surface area contributed by atoms with Crippen molar-refractivity contribution in [2.24, 2.45) is 0 Å². The Kier molecular flexibility index (Phi) is 5.20. The van der Waals surface area contributed by atoms with E-state index in [0.29, 0.717) is 6.61 Å². The number of hydrogen-bond acceptors (Lipinski definition) is 4. The lowest BCUT2D eigenvalue weighted by Crippen LogP contribution is -2.23. The number of ether oxygens (including phenoxy) is 1. The fraction of sp³-hybridized carbons (Fsp3) is 0.267. The molecule has 0 saturated heterocycles. The molecule has 1 aromatic carbocycles. The molecule has 1 heterocycles. The number of nitrogens with one attached hydrogen (secondary N) is 1. The topological polar surface area (TPSA) is 38.3 Å². The van der Waals surface area contributed by atoms with Gasteiger partial charge in [0.1, 0.15) is 0 Å². The minimum Gasteiger partial charge on any atom is -0.464 e. The van der Waals surface area contributed by atoms with Gasteiger partial charge in [0.15, 0.2) is 6.04 Å². The average molecular weight is 354 g/mol. The van der Waals surface area contributed by atoms with Gasteiger partial charge in [0.05, 0.1) is 6.61 Å². The Bertz CT molecular complexity index is 580. The molecule has 5 heteroatoms. The monoisotopic (exact) mass is 353 g/mol. The van der Waals surface area contributed by atoms with Crippen molar-refractivity contribution in [1.82, 2.24) is 0 Å². The lowest BCUT2D eigenvalue weighted by Gasteiger charge is -2.18. The lowest BCUT2D eigenvalue weighted by molar-refractivity contribution is -0.144. The fourth-order valence-electron chi connectivity index (χ4n) is 1.85. The Morgan fingerprint density at radius 2 is 2.05 bits per heavy atom. The highest BCUT2D eigenvalue weighted by Gasteiger charge is 2.24. The quantitative estimate of drug-likeness (QED) is 0.802. The fourth-order valence-corrected chi connectivity index (χ4v) is 3.08. The van der Waals surface area contributed by atoms with Crippen LogP contribution in [0.2, 0.25) is 0 Å². The molecule has 0 aliphatic heterocycles. The summed E-state index contributed by atoms with van der Waals surface area (Å²) in [5.74, 6) is -0.249. The zero-order chi connectivity index (χ0) is 14.5. The van der Waals surface area contributed by atoms with Crippen LogP contribution in [0.15, 0.2) is 40.2 Å². The highest BCUT2D eigenvalue weighted by molar-refractivity contribution is 9.10. The van der Waals surface area contributed by atoms with Gasteiger partial charge >= 0.3 is 5.97 Å². The summed E-state index contributed by atoms with van der Waals surface area (Å²) < 4.78 is 6.18. The molecular weight excluding hydrogens is 338 g/mol. The van der Waals surface area contributed by atoms with Gasteiger partial charge in [-0.3, -0.25) is 0 Å². The van der Waals surface area contributed by atoms with Gasteiger partial charge in [-0.15, -0.1) is 11.3 Å². The van der Waals surface area contributed by atoms with Gasteiger partial charge in [0.25, 0.3) is 0 Å². The van der Waals surface area contributed by atoms with Crippen molar-refractivity contribution in [2.75, 3.05) is 11.9 Å². The molecule has 106 valence electrons. The van der Waals surface area contributed by atoms with Crippen LogP contribution in [0.3, 0.4) is 0 Å². The van der Waals surface area contributed by atoms with Crippen LogP contribution in [0, 0.1) is 6.92 Å². The molecule has 0 bridgehead atoms. The Morgan fingerprint density at radius 1 is 1.35 bits per heavy atom. The van der Waals surface area contributed by atoms with Gasteiger partial charge in [-0.05, 0) is 55.1 Å². The molecular formula is C15H16BrNO2S. The van der Waals surface area contributed by atoms with Crippen molar-refractivity contribution in [3.63, 3.8) is 0 Å². The standard InChI is InChI=1S/C15H16BrNO2S/c1-3-19-15(18)13(14-10(2)8-9-20-14)17-12-6-4-11(16)5-7-12/h4-9,13,17H,3H2,1-2H3.